The fourth-order valence-electron chi connectivity index (χ4n) is 1.98. The highest BCUT2D eigenvalue weighted by molar-refractivity contribution is 7.13. The lowest BCUT2D eigenvalue weighted by Crippen LogP contribution is -2.06. The van der Waals surface area contributed by atoms with Gasteiger partial charge in [-0.15, -0.1) is 11.3 Å². The first-order valence-electron chi connectivity index (χ1n) is 6.70. The van der Waals surface area contributed by atoms with Gasteiger partial charge in [-0.3, -0.25) is 0 Å². The summed E-state index contributed by atoms with van der Waals surface area (Å²) >= 11 is 1.63. The minimum atomic E-state index is 0.295. The monoisotopic (exact) mass is 297 g/mol. The van der Waals surface area contributed by atoms with Crippen molar-refractivity contribution in [2.75, 3.05) is 11.9 Å². The molecule has 0 saturated heterocycles. The number of benzene rings is 1. The molecule has 0 aliphatic carbocycles. The van der Waals surface area contributed by atoms with Crippen LogP contribution in [0, 0.1) is 0 Å². The van der Waals surface area contributed by atoms with E-state index in [-0.39, 0.29) is 0 Å². The number of hydrogen-bond donors (Lipinski definition) is 2. The quantitative estimate of drug-likeness (QED) is 0.756. The van der Waals surface area contributed by atoms with Gasteiger partial charge >= 0.3 is 0 Å². The highest BCUT2D eigenvalue weighted by Crippen LogP contribution is 2.21. The number of thiophene rings is 1. The van der Waals surface area contributed by atoms with Crippen molar-refractivity contribution in [3.8, 4) is 16.5 Å². The number of nitrogens with zero attached hydrogens (tertiary/aromatic N) is 2. The Balaban J connectivity index is 1.60. The predicted molar refractivity (Wildman–Crippen MR) is 85.6 cm³/mol. The number of nitrogens with one attached hydrogen (secondary N) is 1. The van der Waals surface area contributed by atoms with Crippen LogP contribution in [0.25, 0.3) is 10.7 Å². The third-order valence-corrected chi connectivity index (χ3v) is 3.92. The summed E-state index contributed by atoms with van der Waals surface area (Å²) in [7, 11) is 0. The Morgan fingerprint density at radius 2 is 1.95 bits per heavy atom. The van der Waals surface area contributed by atoms with Crippen LogP contribution in [0.1, 0.15) is 5.56 Å². The molecule has 21 heavy (non-hydrogen) atoms. The van der Waals surface area contributed by atoms with Gasteiger partial charge in [-0.05, 0) is 41.6 Å². The summed E-state index contributed by atoms with van der Waals surface area (Å²) in [4.78, 5) is 9.86. The first-order chi connectivity index (χ1) is 10.3. The topological polar surface area (TPSA) is 58.0 Å². The van der Waals surface area contributed by atoms with Crippen molar-refractivity contribution in [2.45, 2.75) is 6.42 Å². The molecule has 0 unspecified atom stereocenters. The van der Waals surface area contributed by atoms with Gasteiger partial charge in [-0.2, -0.15) is 0 Å². The molecule has 5 heteroatoms. The zero-order valence-electron chi connectivity index (χ0n) is 11.4. The third-order valence-electron chi connectivity index (χ3n) is 3.05. The Morgan fingerprint density at radius 3 is 2.71 bits per heavy atom. The van der Waals surface area contributed by atoms with Crippen molar-refractivity contribution in [3.63, 3.8) is 0 Å². The Bertz CT molecular complexity index is 696. The van der Waals surface area contributed by atoms with Crippen LogP contribution in [0.3, 0.4) is 0 Å². The SMILES string of the molecule is Oc1ccc(CCNc2ccnc(-c3cccs3)n2)cc1. The van der Waals surface area contributed by atoms with Gasteiger partial charge in [0.05, 0.1) is 4.88 Å². The van der Waals surface area contributed by atoms with Crippen LogP contribution in [-0.4, -0.2) is 21.6 Å². The second kappa shape index (κ2) is 6.37. The molecule has 106 valence electrons. The molecule has 0 bridgehead atoms. The van der Waals surface area contributed by atoms with Crippen molar-refractivity contribution in [1.29, 1.82) is 0 Å². The zero-order valence-corrected chi connectivity index (χ0v) is 12.2. The van der Waals surface area contributed by atoms with Gasteiger partial charge < -0.3 is 10.4 Å². The van der Waals surface area contributed by atoms with Gasteiger partial charge in [-0.1, -0.05) is 18.2 Å². The van der Waals surface area contributed by atoms with E-state index in [1.807, 2.05) is 35.7 Å². The molecule has 0 spiro atoms. The minimum absolute atomic E-state index is 0.295. The molecule has 0 aliphatic heterocycles. The number of aromatic hydroxyl groups is 1. The molecular weight excluding hydrogens is 282 g/mol. The van der Waals surface area contributed by atoms with Crippen molar-refractivity contribution in [3.05, 3.63) is 59.6 Å². The van der Waals surface area contributed by atoms with E-state index in [2.05, 4.69) is 15.3 Å². The van der Waals surface area contributed by atoms with E-state index < -0.39 is 0 Å². The summed E-state index contributed by atoms with van der Waals surface area (Å²) in [6.45, 7) is 0.783. The van der Waals surface area contributed by atoms with E-state index >= 15 is 0 Å². The second-order valence-electron chi connectivity index (χ2n) is 4.59. The number of rotatable bonds is 5. The van der Waals surface area contributed by atoms with Crippen LogP contribution >= 0.6 is 11.3 Å². The Labute approximate surface area is 127 Å². The van der Waals surface area contributed by atoms with E-state index in [0.717, 1.165) is 29.5 Å². The van der Waals surface area contributed by atoms with Crippen LogP contribution in [-0.2, 0) is 6.42 Å². The molecule has 0 atom stereocenters. The molecule has 1 aromatic carbocycles. The largest absolute Gasteiger partial charge is 0.508 e. The molecule has 2 N–H and O–H groups in total. The second-order valence-corrected chi connectivity index (χ2v) is 5.53. The molecule has 0 saturated carbocycles. The minimum Gasteiger partial charge on any atom is -0.508 e. The molecule has 0 amide bonds. The Hall–Kier alpha value is -2.40. The number of phenols is 1. The summed E-state index contributed by atoms with van der Waals surface area (Å²) in [5.74, 6) is 1.87. The van der Waals surface area contributed by atoms with Crippen molar-refractivity contribution in [2.24, 2.45) is 0 Å². The number of anilines is 1. The summed E-state index contributed by atoms with van der Waals surface area (Å²) in [6.07, 6.45) is 2.64. The van der Waals surface area contributed by atoms with E-state index in [9.17, 15) is 5.11 Å². The van der Waals surface area contributed by atoms with Gasteiger partial charge in [0.25, 0.3) is 0 Å². The molecule has 0 radical (unpaired) electrons. The number of hydrogen-bond acceptors (Lipinski definition) is 5. The van der Waals surface area contributed by atoms with Crippen LogP contribution in [0.15, 0.2) is 54.0 Å². The first kappa shape index (κ1) is 13.6. The molecule has 2 aromatic heterocycles. The highest BCUT2D eigenvalue weighted by Gasteiger charge is 2.03. The summed E-state index contributed by atoms with van der Waals surface area (Å²) in [5.41, 5.74) is 1.17. The van der Waals surface area contributed by atoms with Gasteiger partial charge in [0.2, 0.25) is 0 Å². The molecule has 3 rings (SSSR count). The zero-order chi connectivity index (χ0) is 14.5. The average Bonchev–Trinajstić information content (AvgIpc) is 3.04. The van der Waals surface area contributed by atoms with E-state index in [0.29, 0.717) is 5.75 Å². The van der Waals surface area contributed by atoms with Crippen LogP contribution in [0.4, 0.5) is 5.82 Å². The summed E-state index contributed by atoms with van der Waals surface area (Å²) in [5, 5.41) is 14.6. The molecule has 3 aromatic rings. The maximum atomic E-state index is 9.25. The average molecular weight is 297 g/mol. The predicted octanol–water partition coefficient (Wildman–Crippen LogP) is 3.57. The fraction of sp³-hybridized carbons (Fsp3) is 0.125. The number of phenolic OH excluding ortho intramolecular Hbond substituents is 1. The first-order valence-corrected chi connectivity index (χ1v) is 7.58. The summed E-state index contributed by atoms with van der Waals surface area (Å²) < 4.78 is 0. The lowest BCUT2D eigenvalue weighted by atomic mass is 10.1. The standard InChI is InChI=1S/C16H15N3OS/c20-13-5-3-12(4-6-13)7-9-17-15-8-10-18-16(19-15)14-2-1-11-21-14/h1-6,8,10-11,20H,7,9H2,(H,17,18,19). The van der Waals surface area contributed by atoms with Gasteiger partial charge in [0.15, 0.2) is 5.82 Å². The molecule has 0 fully saturated rings. The van der Waals surface area contributed by atoms with Gasteiger partial charge in [-0.25, -0.2) is 9.97 Å². The van der Waals surface area contributed by atoms with Crippen molar-refractivity contribution in [1.82, 2.24) is 9.97 Å². The van der Waals surface area contributed by atoms with Crippen LogP contribution in [0.5, 0.6) is 5.75 Å². The summed E-state index contributed by atoms with van der Waals surface area (Å²) in [6, 6.07) is 13.1. The van der Waals surface area contributed by atoms with Crippen molar-refractivity contribution >= 4 is 17.2 Å². The highest BCUT2D eigenvalue weighted by atomic mass is 32.1. The smallest absolute Gasteiger partial charge is 0.171 e. The van der Waals surface area contributed by atoms with E-state index in [1.54, 1.807) is 29.7 Å². The van der Waals surface area contributed by atoms with E-state index in [1.165, 1.54) is 5.56 Å². The lowest BCUT2D eigenvalue weighted by molar-refractivity contribution is 0.475. The van der Waals surface area contributed by atoms with Gasteiger partial charge in [0, 0.05) is 12.7 Å². The molecule has 0 aliphatic rings. The van der Waals surface area contributed by atoms with Crippen molar-refractivity contribution < 1.29 is 5.11 Å². The Kier molecular flexibility index (Phi) is 4.12. The van der Waals surface area contributed by atoms with Gasteiger partial charge in [0.1, 0.15) is 11.6 Å². The van der Waals surface area contributed by atoms with E-state index in [4.69, 9.17) is 0 Å². The molecule has 2 heterocycles. The molecule has 4 nitrogen and oxygen atoms in total. The molecular formula is C16H15N3OS. The number of aromatic nitrogens is 2. The van der Waals surface area contributed by atoms with Crippen LogP contribution in [0.2, 0.25) is 0 Å². The third kappa shape index (κ3) is 3.58. The fourth-order valence-corrected chi connectivity index (χ4v) is 2.64. The van der Waals surface area contributed by atoms with Crippen LogP contribution < -0.4 is 5.32 Å². The maximum absolute atomic E-state index is 9.25. The normalized spacial score (nSPS) is 10.5. The Morgan fingerprint density at radius 1 is 1.10 bits per heavy atom. The maximum Gasteiger partial charge on any atom is 0.171 e. The lowest BCUT2D eigenvalue weighted by Gasteiger charge is -2.06.